The van der Waals surface area contributed by atoms with E-state index in [9.17, 15) is 21.6 Å². The normalized spacial score (nSPS) is 22.2. The van der Waals surface area contributed by atoms with E-state index in [1.807, 2.05) is 0 Å². The Morgan fingerprint density at radius 1 is 0.889 bits per heavy atom. The quantitative estimate of drug-likeness (QED) is 0.706. The van der Waals surface area contributed by atoms with Crippen LogP contribution in [-0.2, 0) is 24.8 Å². The molecule has 10 heteroatoms. The van der Waals surface area contributed by atoms with E-state index in [0.29, 0.717) is 25.9 Å². The van der Waals surface area contributed by atoms with Crippen molar-refractivity contribution >= 4 is 26.0 Å². The van der Waals surface area contributed by atoms with Gasteiger partial charge in [0.2, 0.25) is 26.0 Å². The molecular weight excluding hydrogens is 390 g/mol. The fourth-order valence-corrected chi connectivity index (χ4v) is 6.74. The number of carbonyl (C=O) groups excluding carboxylic acids is 1. The molecule has 2 heterocycles. The lowest BCUT2D eigenvalue weighted by atomic mass is 10.2. The van der Waals surface area contributed by atoms with Gasteiger partial charge in [-0.25, -0.2) is 16.8 Å². The van der Waals surface area contributed by atoms with E-state index in [4.69, 9.17) is 0 Å². The third-order valence-corrected chi connectivity index (χ3v) is 8.90. The molecule has 1 unspecified atom stereocenters. The van der Waals surface area contributed by atoms with E-state index in [0.717, 1.165) is 12.8 Å². The smallest absolute Gasteiger partial charge is 0.243 e. The van der Waals surface area contributed by atoms with E-state index in [2.05, 4.69) is 0 Å². The first-order valence-electron chi connectivity index (χ1n) is 8.99. The summed E-state index contributed by atoms with van der Waals surface area (Å²) in [5.74, 6) is -0.246. The zero-order valence-corrected chi connectivity index (χ0v) is 17.2. The summed E-state index contributed by atoms with van der Waals surface area (Å²) in [6.45, 7) is 1.26. The maximum absolute atomic E-state index is 13.0. The van der Waals surface area contributed by atoms with Crippen LogP contribution in [0, 0.1) is 0 Å². The minimum atomic E-state index is -3.87. The van der Waals surface area contributed by atoms with E-state index < -0.39 is 26.1 Å². The van der Waals surface area contributed by atoms with Crippen LogP contribution in [0.1, 0.15) is 25.7 Å². The van der Waals surface area contributed by atoms with E-state index >= 15 is 0 Å². The molecular formula is C17H25N3O5S2. The fraction of sp³-hybridized carbons (Fsp3) is 0.588. The second-order valence-electron chi connectivity index (χ2n) is 7.09. The Labute approximate surface area is 160 Å². The third kappa shape index (κ3) is 3.75. The lowest BCUT2D eigenvalue weighted by Gasteiger charge is -2.25. The molecule has 1 atom stereocenters. The van der Waals surface area contributed by atoms with E-state index in [1.54, 1.807) is 14.1 Å². The van der Waals surface area contributed by atoms with Crippen molar-refractivity contribution < 1.29 is 21.6 Å². The van der Waals surface area contributed by atoms with Gasteiger partial charge < -0.3 is 4.90 Å². The molecule has 0 aliphatic carbocycles. The monoisotopic (exact) mass is 415 g/mol. The SMILES string of the molecule is CN(C)C(=O)C1CCCN1S(=O)(=O)c1ccc(S(=O)(=O)N2CCCC2)cc1. The Bertz CT molecular complexity index is 904. The molecule has 2 saturated heterocycles. The summed E-state index contributed by atoms with van der Waals surface area (Å²) in [5, 5.41) is 0. The Morgan fingerprint density at radius 3 is 1.93 bits per heavy atom. The highest BCUT2D eigenvalue weighted by Crippen LogP contribution is 2.28. The van der Waals surface area contributed by atoms with E-state index in [1.165, 1.54) is 37.8 Å². The molecule has 27 heavy (non-hydrogen) atoms. The summed E-state index contributed by atoms with van der Waals surface area (Å²) in [6.07, 6.45) is 2.77. The van der Waals surface area contributed by atoms with Gasteiger partial charge in [-0.2, -0.15) is 8.61 Å². The first-order valence-corrected chi connectivity index (χ1v) is 11.9. The molecule has 1 amide bonds. The van der Waals surface area contributed by atoms with Gasteiger partial charge >= 0.3 is 0 Å². The maximum Gasteiger partial charge on any atom is 0.243 e. The molecule has 0 N–H and O–H groups in total. The molecule has 2 fully saturated rings. The lowest BCUT2D eigenvalue weighted by Crippen LogP contribution is -2.45. The molecule has 0 saturated carbocycles. The average Bonchev–Trinajstić information content (AvgIpc) is 3.33. The minimum absolute atomic E-state index is 0.00123. The van der Waals surface area contributed by atoms with Crippen LogP contribution in [0.2, 0.25) is 0 Å². The van der Waals surface area contributed by atoms with Crippen LogP contribution in [-0.4, -0.2) is 76.0 Å². The number of hydrogen-bond donors (Lipinski definition) is 0. The highest BCUT2D eigenvalue weighted by atomic mass is 32.2. The molecule has 2 aliphatic rings. The van der Waals surface area contributed by atoms with Crippen LogP contribution in [0.4, 0.5) is 0 Å². The largest absolute Gasteiger partial charge is 0.347 e. The summed E-state index contributed by atoms with van der Waals surface area (Å²) in [4.78, 5) is 13.8. The van der Waals surface area contributed by atoms with Gasteiger partial charge in [-0.15, -0.1) is 0 Å². The topological polar surface area (TPSA) is 95.1 Å². The van der Waals surface area contributed by atoms with Crippen molar-refractivity contribution in [3.63, 3.8) is 0 Å². The molecule has 8 nitrogen and oxygen atoms in total. The zero-order chi connectivity index (χ0) is 19.8. The van der Waals surface area contributed by atoms with Crippen LogP contribution in [0.5, 0.6) is 0 Å². The molecule has 150 valence electrons. The first-order chi connectivity index (χ1) is 12.7. The lowest BCUT2D eigenvalue weighted by molar-refractivity contribution is -0.132. The van der Waals surface area contributed by atoms with Gasteiger partial charge in [0.15, 0.2) is 0 Å². The van der Waals surface area contributed by atoms with Gasteiger partial charge in [-0.05, 0) is 49.9 Å². The number of nitrogens with zero attached hydrogens (tertiary/aromatic N) is 3. The Balaban J connectivity index is 1.86. The fourth-order valence-electron chi connectivity index (χ4n) is 3.57. The van der Waals surface area contributed by atoms with Crippen molar-refractivity contribution in [2.24, 2.45) is 0 Å². The van der Waals surface area contributed by atoms with Crippen LogP contribution < -0.4 is 0 Å². The third-order valence-electron chi connectivity index (χ3n) is 5.06. The summed E-state index contributed by atoms with van der Waals surface area (Å²) in [7, 11) is -4.26. The number of benzene rings is 1. The maximum atomic E-state index is 13.0. The minimum Gasteiger partial charge on any atom is -0.347 e. The molecule has 2 aliphatic heterocycles. The number of sulfonamides is 2. The van der Waals surface area contributed by atoms with Crippen molar-refractivity contribution in [1.29, 1.82) is 0 Å². The molecule has 0 aromatic heterocycles. The van der Waals surface area contributed by atoms with Crippen molar-refractivity contribution in [2.45, 2.75) is 41.5 Å². The highest BCUT2D eigenvalue weighted by Gasteiger charge is 2.40. The van der Waals surface area contributed by atoms with Crippen molar-refractivity contribution in [2.75, 3.05) is 33.7 Å². The predicted molar refractivity (Wildman–Crippen MR) is 100 cm³/mol. The number of carbonyl (C=O) groups is 1. The average molecular weight is 416 g/mol. The second-order valence-corrected chi connectivity index (χ2v) is 10.9. The molecule has 1 aromatic carbocycles. The number of likely N-dealkylation sites (N-methyl/N-ethyl adjacent to an activating group) is 1. The summed E-state index contributed by atoms with van der Waals surface area (Å²) in [6, 6.07) is 4.58. The molecule has 0 radical (unpaired) electrons. The summed E-state index contributed by atoms with van der Waals surface area (Å²) < 4.78 is 53.8. The van der Waals surface area contributed by atoms with Crippen molar-refractivity contribution in [1.82, 2.24) is 13.5 Å². The summed E-state index contributed by atoms with van der Waals surface area (Å²) >= 11 is 0. The predicted octanol–water partition coefficient (Wildman–Crippen LogP) is 0.712. The van der Waals surface area contributed by atoms with Gasteiger partial charge in [0.25, 0.3) is 0 Å². The summed E-state index contributed by atoms with van der Waals surface area (Å²) in [5.41, 5.74) is 0. The van der Waals surface area contributed by atoms with Gasteiger partial charge in [0.1, 0.15) is 6.04 Å². The molecule has 3 rings (SSSR count). The second kappa shape index (κ2) is 7.50. The highest BCUT2D eigenvalue weighted by molar-refractivity contribution is 7.89. The Hall–Kier alpha value is -1.49. The van der Waals surface area contributed by atoms with E-state index in [-0.39, 0.29) is 22.2 Å². The van der Waals surface area contributed by atoms with Gasteiger partial charge in [-0.1, -0.05) is 0 Å². The van der Waals surface area contributed by atoms with Gasteiger partial charge in [0, 0.05) is 33.7 Å². The number of amides is 1. The Kier molecular flexibility index (Phi) is 5.62. The van der Waals surface area contributed by atoms with Crippen molar-refractivity contribution in [3.8, 4) is 0 Å². The van der Waals surface area contributed by atoms with Gasteiger partial charge in [0.05, 0.1) is 9.79 Å². The van der Waals surface area contributed by atoms with Crippen LogP contribution >= 0.6 is 0 Å². The number of rotatable bonds is 5. The van der Waals surface area contributed by atoms with Gasteiger partial charge in [-0.3, -0.25) is 4.79 Å². The number of hydrogen-bond acceptors (Lipinski definition) is 5. The standard InChI is InChI=1S/C17H25N3O5S2/c1-18(2)17(21)16-6-5-13-20(16)27(24,25)15-9-7-14(8-10-15)26(22,23)19-11-3-4-12-19/h7-10,16H,3-6,11-13H2,1-2H3. The van der Waals surface area contributed by atoms with Crippen LogP contribution in [0.25, 0.3) is 0 Å². The van der Waals surface area contributed by atoms with Crippen molar-refractivity contribution in [3.05, 3.63) is 24.3 Å². The molecule has 1 aromatic rings. The molecule has 0 bridgehead atoms. The Morgan fingerprint density at radius 2 is 1.41 bits per heavy atom. The van der Waals surface area contributed by atoms with Crippen LogP contribution in [0.15, 0.2) is 34.1 Å². The molecule has 0 spiro atoms. The zero-order valence-electron chi connectivity index (χ0n) is 15.5. The first kappa shape index (κ1) is 20.2. The van der Waals surface area contributed by atoms with Crippen LogP contribution in [0.3, 0.4) is 0 Å².